The van der Waals surface area contributed by atoms with E-state index in [1.54, 1.807) is 0 Å². The van der Waals surface area contributed by atoms with Gasteiger partial charge in [0, 0.05) is 12.7 Å². The number of hydrogen-bond donors (Lipinski definition) is 0. The Morgan fingerprint density at radius 1 is 1.06 bits per heavy atom. The second kappa shape index (κ2) is 3.52. The van der Waals surface area contributed by atoms with Crippen molar-refractivity contribution in [1.29, 1.82) is 0 Å². The van der Waals surface area contributed by atoms with Crippen molar-refractivity contribution in [2.24, 2.45) is 0 Å². The van der Waals surface area contributed by atoms with Crippen molar-refractivity contribution in [3.8, 4) is 0 Å². The highest BCUT2D eigenvalue weighted by atomic mass is 32.3. The fraction of sp³-hybridized carbons (Fsp3) is 1.00. The van der Waals surface area contributed by atoms with Crippen molar-refractivity contribution in [2.45, 2.75) is 28.1 Å². The standard InChI is InChI=1S/C6H6F6O4S2/c1-17(13,14)3-2-4(7,8)5(9,10)6(11,12)18(3,15)16/h3H,2H2,1H3. The fourth-order valence-corrected chi connectivity index (χ4v) is 5.37. The third-order valence-electron chi connectivity index (χ3n) is 2.43. The first-order chi connectivity index (χ1) is 7.59. The summed E-state index contributed by atoms with van der Waals surface area (Å²) in [6, 6.07) is 0. The molecule has 108 valence electrons. The summed E-state index contributed by atoms with van der Waals surface area (Å²) in [4.78, 5) is 0. The van der Waals surface area contributed by atoms with E-state index >= 15 is 0 Å². The second-order valence-corrected chi connectivity index (χ2v) is 8.50. The Bertz CT molecular complexity index is 563. The van der Waals surface area contributed by atoms with Crippen molar-refractivity contribution >= 4 is 19.7 Å². The zero-order valence-corrected chi connectivity index (χ0v) is 10.1. The van der Waals surface area contributed by atoms with Gasteiger partial charge in [-0.15, -0.1) is 0 Å². The molecule has 1 atom stereocenters. The summed E-state index contributed by atoms with van der Waals surface area (Å²) >= 11 is 0. The molecule has 0 radical (unpaired) electrons. The minimum Gasteiger partial charge on any atom is -0.228 e. The minimum absolute atomic E-state index is 0.102. The van der Waals surface area contributed by atoms with E-state index < -0.39 is 47.8 Å². The smallest absolute Gasteiger partial charge is 0.228 e. The van der Waals surface area contributed by atoms with Crippen LogP contribution in [-0.4, -0.2) is 44.8 Å². The molecule has 0 amide bonds. The predicted octanol–water partition coefficient (Wildman–Crippen LogP) is 1.04. The lowest BCUT2D eigenvalue weighted by Gasteiger charge is -2.39. The van der Waals surface area contributed by atoms with Gasteiger partial charge in [0.15, 0.2) is 14.4 Å². The molecule has 18 heavy (non-hydrogen) atoms. The van der Waals surface area contributed by atoms with Crippen molar-refractivity contribution in [1.82, 2.24) is 0 Å². The first-order valence-corrected chi connectivity index (χ1v) is 7.65. The molecule has 0 saturated carbocycles. The van der Waals surface area contributed by atoms with Crippen LogP contribution in [0.15, 0.2) is 0 Å². The molecule has 0 aromatic rings. The summed E-state index contributed by atoms with van der Waals surface area (Å²) in [6.07, 6.45) is -2.30. The van der Waals surface area contributed by atoms with Gasteiger partial charge in [-0.05, 0) is 0 Å². The van der Waals surface area contributed by atoms with Gasteiger partial charge < -0.3 is 0 Å². The van der Waals surface area contributed by atoms with E-state index in [4.69, 9.17) is 0 Å². The zero-order chi connectivity index (χ0) is 14.8. The lowest BCUT2D eigenvalue weighted by atomic mass is 10.1. The van der Waals surface area contributed by atoms with E-state index in [2.05, 4.69) is 0 Å². The quantitative estimate of drug-likeness (QED) is 0.677. The van der Waals surface area contributed by atoms with Gasteiger partial charge >= 0.3 is 17.1 Å². The summed E-state index contributed by atoms with van der Waals surface area (Å²) in [6.45, 7) is 0. The Balaban J connectivity index is 3.63. The minimum atomic E-state index is -6.29. The van der Waals surface area contributed by atoms with Gasteiger partial charge in [-0.2, -0.15) is 26.3 Å². The van der Waals surface area contributed by atoms with Gasteiger partial charge in [-0.25, -0.2) is 16.8 Å². The van der Waals surface area contributed by atoms with Gasteiger partial charge in [0.2, 0.25) is 9.84 Å². The molecule has 0 aliphatic carbocycles. The highest BCUT2D eigenvalue weighted by molar-refractivity contribution is 8.09. The normalized spacial score (nSPS) is 32.9. The fourth-order valence-electron chi connectivity index (χ4n) is 1.39. The number of halogens is 6. The summed E-state index contributed by atoms with van der Waals surface area (Å²) in [5.41, 5.74) is 0. The molecule has 1 aliphatic heterocycles. The highest BCUT2D eigenvalue weighted by Gasteiger charge is 2.83. The van der Waals surface area contributed by atoms with Crippen LogP contribution in [0.4, 0.5) is 26.3 Å². The van der Waals surface area contributed by atoms with Crippen LogP contribution in [0.5, 0.6) is 0 Å². The zero-order valence-electron chi connectivity index (χ0n) is 8.50. The summed E-state index contributed by atoms with van der Waals surface area (Å²) in [7, 11) is -11.2. The maximum absolute atomic E-state index is 13.0. The van der Waals surface area contributed by atoms with E-state index in [0.29, 0.717) is 0 Å². The van der Waals surface area contributed by atoms with E-state index in [9.17, 15) is 43.2 Å². The molecular weight excluding hydrogens is 314 g/mol. The molecule has 1 aliphatic rings. The molecule has 0 spiro atoms. The molecule has 4 nitrogen and oxygen atoms in total. The monoisotopic (exact) mass is 320 g/mol. The van der Waals surface area contributed by atoms with Gasteiger partial charge in [-0.3, -0.25) is 0 Å². The highest BCUT2D eigenvalue weighted by Crippen LogP contribution is 2.56. The maximum atomic E-state index is 13.0. The van der Waals surface area contributed by atoms with Crippen LogP contribution in [0, 0.1) is 0 Å². The Morgan fingerprint density at radius 2 is 1.44 bits per heavy atom. The molecule has 1 heterocycles. The van der Waals surface area contributed by atoms with E-state index in [1.807, 2.05) is 0 Å². The molecule has 1 unspecified atom stereocenters. The molecular formula is C6H6F6O4S2. The average Bonchev–Trinajstić information content (AvgIpc) is 2.09. The van der Waals surface area contributed by atoms with Crippen molar-refractivity contribution in [2.75, 3.05) is 6.26 Å². The van der Waals surface area contributed by atoms with Crippen molar-refractivity contribution in [3.05, 3.63) is 0 Å². The molecule has 1 fully saturated rings. The molecule has 0 bridgehead atoms. The predicted molar refractivity (Wildman–Crippen MR) is 47.0 cm³/mol. The Hall–Kier alpha value is -0.520. The van der Waals surface area contributed by atoms with E-state index in [1.165, 1.54) is 0 Å². The molecule has 1 saturated heterocycles. The van der Waals surface area contributed by atoms with E-state index in [-0.39, 0.29) is 6.26 Å². The van der Waals surface area contributed by atoms with Gasteiger partial charge in [0.25, 0.3) is 0 Å². The van der Waals surface area contributed by atoms with Crippen LogP contribution < -0.4 is 0 Å². The van der Waals surface area contributed by atoms with Crippen LogP contribution in [0.3, 0.4) is 0 Å². The van der Waals surface area contributed by atoms with Gasteiger partial charge in [0.1, 0.15) is 0 Å². The lowest BCUT2D eigenvalue weighted by molar-refractivity contribution is -0.285. The summed E-state index contributed by atoms with van der Waals surface area (Å²) in [5, 5.41) is -6.16. The average molecular weight is 320 g/mol. The van der Waals surface area contributed by atoms with E-state index in [0.717, 1.165) is 0 Å². The topological polar surface area (TPSA) is 68.3 Å². The Kier molecular flexibility index (Phi) is 3.04. The third kappa shape index (κ3) is 1.72. The van der Waals surface area contributed by atoms with Gasteiger partial charge in [0.05, 0.1) is 0 Å². The molecule has 1 rings (SSSR count). The summed E-state index contributed by atoms with van der Waals surface area (Å²) in [5.74, 6) is -11.6. The Morgan fingerprint density at radius 3 is 1.78 bits per heavy atom. The third-order valence-corrected chi connectivity index (χ3v) is 7.19. The lowest BCUT2D eigenvalue weighted by Crippen LogP contribution is -2.66. The van der Waals surface area contributed by atoms with Crippen LogP contribution in [0.1, 0.15) is 6.42 Å². The molecule has 12 heteroatoms. The Labute approximate surface area is 97.8 Å². The van der Waals surface area contributed by atoms with Crippen LogP contribution in [0.25, 0.3) is 0 Å². The van der Waals surface area contributed by atoms with Crippen LogP contribution in [0.2, 0.25) is 0 Å². The number of sulfone groups is 2. The SMILES string of the molecule is CS(=O)(=O)C1CC(F)(F)C(F)(F)C(F)(F)S1(=O)=O. The number of hydrogen-bond acceptors (Lipinski definition) is 4. The van der Waals surface area contributed by atoms with Crippen molar-refractivity contribution in [3.63, 3.8) is 0 Å². The maximum Gasteiger partial charge on any atom is 0.414 e. The number of rotatable bonds is 1. The molecule has 0 N–H and O–H groups in total. The molecule has 0 aromatic heterocycles. The summed E-state index contributed by atoms with van der Waals surface area (Å²) < 4.78 is 118. The van der Waals surface area contributed by atoms with Crippen LogP contribution in [-0.2, 0) is 19.7 Å². The molecule has 0 aromatic carbocycles. The van der Waals surface area contributed by atoms with Gasteiger partial charge in [-0.1, -0.05) is 0 Å². The van der Waals surface area contributed by atoms with Crippen LogP contribution >= 0.6 is 0 Å². The second-order valence-electron chi connectivity index (χ2n) is 3.80. The first kappa shape index (κ1) is 15.5. The first-order valence-electron chi connectivity index (χ1n) is 4.15. The van der Waals surface area contributed by atoms with Crippen molar-refractivity contribution < 1.29 is 43.2 Å². The largest absolute Gasteiger partial charge is 0.414 e. The number of alkyl halides is 6.